The monoisotopic (exact) mass is 267 g/mol. The number of aldehydes is 1. The molecule has 0 radical (unpaired) electrons. The molecule has 0 saturated carbocycles. The van der Waals surface area contributed by atoms with Gasteiger partial charge in [-0.3, -0.25) is 4.79 Å². The average Bonchev–Trinajstić information content (AvgIpc) is 2.60. The van der Waals surface area contributed by atoms with Crippen LogP contribution in [0.4, 0.5) is 0 Å². The molecule has 0 fully saturated rings. The zero-order valence-corrected chi connectivity index (χ0v) is 10.9. The predicted molar refractivity (Wildman–Crippen MR) is 66.9 cm³/mol. The van der Waals surface area contributed by atoms with Crippen LogP contribution in [0.15, 0.2) is 32.7 Å². The Morgan fingerprint density at radius 3 is 2.76 bits per heavy atom. The molecule has 88 valence electrons. The molecule has 0 saturated heterocycles. The summed E-state index contributed by atoms with van der Waals surface area (Å²) in [5.41, 5.74) is 1.39. The molecule has 0 aliphatic heterocycles. The second kappa shape index (κ2) is 4.94. The molecular formula is C12H10ClNO2S. The van der Waals surface area contributed by atoms with Crippen LogP contribution in [-0.2, 0) is 0 Å². The Morgan fingerprint density at radius 1 is 1.41 bits per heavy atom. The number of halogens is 1. The van der Waals surface area contributed by atoms with E-state index < -0.39 is 0 Å². The number of oxazole rings is 1. The van der Waals surface area contributed by atoms with Crippen LogP contribution in [0.3, 0.4) is 0 Å². The second-order valence-electron chi connectivity index (χ2n) is 3.52. The van der Waals surface area contributed by atoms with Gasteiger partial charge in [0.25, 0.3) is 5.22 Å². The molecule has 1 heterocycles. The fourth-order valence-electron chi connectivity index (χ4n) is 1.29. The first kappa shape index (κ1) is 12.2. The average molecular weight is 268 g/mol. The SMILES string of the molecule is Cc1nc(Sc2ccc(Cl)cc2C=O)oc1C. The number of aryl methyl sites for hydroxylation is 2. The van der Waals surface area contributed by atoms with E-state index in [0.717, 1.165) is 22.6 Å². The van der Waals surface area contributed by atoms with Gasteiger partial charge in [-0.1, -0.05) is 11.6 Å². The standard InChI is InChI=1S/C12H10ClNO2S/c1-7-8(2)16-12(14-7)17-11-4-3-10(13)5-9(11)6-15/h3-6H,1-2H3. The van der Waals surface area contributed by atoms with Crippen LogP contribution in [0.1, 0.15) is 21.8 Å². The number of carbonyl (C=O) groups excluding carboxylic acids is 1. The predicted octanol–water partition coefficient (Wildman–Crippen LogP) is 3.91. The van der Waals surface area contributed by atoms with E-state index in [1.54, 1.807) is 18.2 Å². The summed E-state index contributed by atoms with van der Waals surface area (Å²) in [5.74, 6) is 0.786. The molecule has 0 atom stereocenters. The molecule has 3 nitrogen and oxygen atoms in total. The van der Waals surface area contributed by atoms with E-state index >= 15 is 0 Å². The third-order valence-electron chi connectivity index (χ3n) is 2.30. The van der Waals surface area contributed by atoms with Crippen molar-refractivity contribution >= 4 is 29.6 Å². The molecule has 0 bridgehead atoms. The second-order valence-corrected chi connectivity index (χ2v) is 4.95. The molecule has 0 amide bonds. The number of carbonyl (C=O) groups is 1. The van der Waals surface area contributed by atoms with Gasteiger partial charge in [0.1, 0.15) is 5.76 Å². The molecule has 0 aliphatic rings. The number of hydrogen-bond acceptors (Lipinski definition) is 4. The van der Waals surface area contributed by atoms with E-state index in [-0.39, 0.29) is 0 Å². The van der Waals surface area contributed by atoms with Crippen LogP contribution < -0.4 is 0 Å². The van der Waals surface area contributed by atoms with Crippen molar-refractivity contribution in [3.8, 4) is 0 Å². The highest BCUT2D eigenvalue weighted by atomic mass is 35.5. The van der Waals surface area contributed by atoms with E-state index in [0.29, 0.717) is 15.8 Å². The lowest BCUT2D eigenvalue weighted by atomic mass is 10.2. The van der Waals surface area contributed by atoms with Gasteiger partial charge < -0.3 is 4.42 Å². The topological polar surface area (TPSA) is 43.1 Å². The first-order valence-electron chi connectivity index (χ1n) is 4.97. The van der Waals surface area contributed by atoms with Crippen molar-refractivity contribution in [1.29, 1.82) is 0 Å². The van der Waals surface area contributed by atoms with Gasteiger partial charge in [-0.2, -0.15) is 0 Å². The van der Waals surface area contributed by atoms with Gasteiger partial charge in [0.05, 0.1) is 5.69 Å². The zero-order valence-electron chi connectivity index (χ0n) is 9.36. The fourth-order valence-corrected chi connectivity index (χ4v) is 2.36. The van der Waals surface area contributed by atoms with Crippen molar-refractivity contribution in [3.05, 3.63) is 40.2 Å². The summed E-state index contributed by atoms with van der Waals surface area (Å²) in [6.45, 7) is 3.74. The first-order valence-corrected chi connectivity index (χ1v) is 6.16. The maximum Gasteiger partial charge on any atom is 0.261 e. The first-order chi connectivity index (χ1) is 8.10. The molecule has 2 aromatic rings. The maximum absolute atomic E-state index is 10.9. The van der Waals surface area contributed by atoms with Crippen molar-refractivity contribution < 1.29 is 9.21 Å². The Labute approximate surface area is 108 Å². The third-order valence-corrected chi connectivity index (χ3v) is 3.48. The minimum atomic E-state index is 0.533. The largest absolute Gasteiger partial charge is 0.436 e. The van der Waals surface area contributed by atoms with Crippen molar-refractivity contribution in [3.63, 3.8) is 0 Å². The van der Waals surface area contributed by atoms with Crippen LogP contribution >= 0.6 is 23.4 Å². The molecule has 2 rings (SSSR count). The summed E-state index contributed by atoms with van der Waals surface area (Å²) >= 11 is 7.14. The lowest BCUT2D eigenvalue weighted by molar-refractivity contribution is 0.112. The van der Waals surface area contributed by atoms with Gasteiger partial charge in [-0.25, -0.2) is 4.98 Å². The Morgan fingerprint density at radius 2 is 2.18 bits per heavy atom. The summed E-state index contributed by atoms with van der Waals surface area (Å²) in [5, 5.41) is 1.07. The molecule has 0 aliphatic carbocycles. The summed E-state index contributed by atoms with van der Waals surface area (Å²) in [6.07, 6.45) is 0.775. The van der Waals surface area contributed by atoms with Crippen LogP contribution in [0.2, 0.25) is 5.02 Å². The maximum atomic E-state index is 10.9. The summed E-state index contributed by atoms with van der Waals surface area (Å²) in [4.78, 5) is 16.0. The normalized spacial score (nSPS) is 10.5. The number of nitrogens with zero attached hydrogens (tertiary/aromatic N) is 1. The summed E-state index contributed by atoms with van der Waals surface area (Å²) < 4.78 is 5.45. The Hall–Kier alpha value is -1.26. The van der Waals surface area contributed by atoms with E-state index in [1.165, 1.54) is 11.8 Å². The molecule has 5 heteroatoms. The molecule has 1 aromatic heterocycles. The Kier molecular flexibility index (Phi) is 3.54. The van der Waals surface area contributed by atoms with Crippen LogP contribution in [0, 0.1) is 13.8 Å². The van der Waals surface area contributed by atoms with Crippen molar-refractivity contribution in [2.75, 3.05) is 0 Å². The van der Waals surface area contributed by atoms with Gasteiger partial charge in [-0.05, 0) is 43.8 Å². The number of rotatable bonds is 3. The van der Waals surface area contributed by atoms with E-state index in [2.05, 4.69) is 4.98 Å². The highest BCUT2D eigenvalue weighted by Crippen LogP contribution is 2.31. The summed E-state index contributed by atoms with van der Waals surface area (Å²) in [6, 6.07) is 5.14. The molecular weight excluding hydrogens is 258 g/mol. The number of aromatic nitrogens is 1. The lowest BCUT2D eigenvalue weighted by Crippen LogP contribution is -1.85. The van der Waals surface area contributed by atoms with Gasteiger partial charge in [0.15, 0.2) is 6.29 Å². The zero-order chi connectivity index (χ0) is 12.4. The fraction of sp³-hybridized carbons (Fsp3) is 0.167. The van der Waals surface area contributed by atoms with Crippen molar-refractivity contribution in [2.24, 2.45) is 0 Å². The minimum absolute atomic E-state index is 0.533. The minimum Gasteiger partial charge on any atom is -0.436 e. The molecule has 1 aromatic carbocycles. The van der Waals surface area contributed by atoms with Crippen LogP contribution in [-0.4, -0.2) is 11.3 Å². The highest BCUT2D eigenvalue weighted by molar-refractivity contribution is 7.99. The smallest absolute Gasteiger partial charge is 0.261 e. The lowest BCUT2D eigenvalue weighted by Gasteiger charge is -2.01. The van der Waals surface area contributed by atoms with Crippen molar-refractivity contribution in [2.45, 2.75) is 24.0 Å². The third kappa shape index (κ3) is 2.70. The Bertz CT molecular complexity index is 546. The summed E-state index contributed by atoms with van der Waals surface area (Å²) in [7, 11) is 0. The van der Waals surface area contributed by atoms with Gasteiger partial charge >= 0.3 is 0 Å². The van der Waals surface area contributed by atoms with Gasteiger partial charge in [0.2, 0.25) is 0 Å². The van der Waals surface area contributed by atoms with E-state index in [9.17, 15) is 4.79 Å². The van der Waals surface area contributed by atoms with Gasteiger partial charge in [-0.15, -0.1) is 0 Å². The molecule has 0 unspecified atom stereocenters. The highest BCUT2D eigenvalue weighted by Gasteiger charge is 2.10. The van der Waals surface area contributed by atoms with E-state index in [1.807, 2.05) is 13.8 Å². The Balaban J connectivity index is 2.32. The number of hydrogen-bond donors (Lipinski definition) is 0. The molecule has 0 spiro atoms. The molecule has 17 heavy (non-hydrogen) atoms. The molecule has 0 N–H and O–H groups in total. The van der Waals surface area contributed by atoms with E-state index in [4.69, 9.17) is 16.0 Å². The van der Waals surface area contributed by atoms with Gasteiger partial charge in [0, 0.05) is 15.5 Å². The van der Waals surface area contributed by atoms with Crippen LogP contribution in [0.5, 0.6) is 0 Å². The van der Waals surface area contributed by atoms with Crippen LogP contribution in [0.25, 0.3) is 0 Å². The van der Waals surface area contributed by atoms with Crippen molar-refractivity contribution in [1.82, 2.24) is 4.98 Å². The quantitative estimate of drug-likeness (QED) is 0.791. The number of benzene rings is 1.